The molecule has 3 heteroatoms. The molecule has 0 spiro atoms. The Morgan fingerprint density at radius 3 is 2.61 bits per heavy atom. The van der Waals surface area contributed by atoms with Crippen LogP contribution < -0.4 is 5.32 Å². The van der Waals surface area contributed by atoms with Crippen molar-refractivity contribution < 1.29 is 4.74 Å². The predicted octanol–water partition coefficient (Wildman–Crippen LogP) is 5.31. The lowest BCUT2D eigenvalue weighted by Crippen LogP contribution is -2.26. The summed E-state index contributed by atoms with van der Waals surface area (Å²) in [6, 6.07) is 13.6. The molecule has 2 aromatic rings. The Morgan fingerprint density at radius 2 is 1.91 bits per heavy atom. The first-order chi connectivity index (χ1) is 11.4. The number of ether oxygens (including phenoxy) is 1. The highest BCUT2D eigenvalue weighted by molar-refractivity contribution is 7.10. The van der Waals surface area contributed by atoms with Gasteiger partial charge in [-0.1, -0.05) is 43.2 Å². The first-order valence-corrected chi connectivity index (χ1v) is 9.67. The molecular formula is C20H27NOS. The SMILES string of the molecule is CCOCc1ccccc1CNC(c1cccs1)C1CCCC1. The van der Waals surface area contributed by atoms with Gasteiger partial charge in [0.05, 0.1) is 6.61 Å². The molecule has 1 N–H and O–H groups in total. The molecule has 3 rings (SSSR count). The maximum Gasteiger partial charge on any atom is 0.0719 e. The molecule has 23 heavy (non-hydrogen) atoms. The van der Waals surface area contributed by atoms with Crippen LogP contribution in [-0.4, -0.2) is 6.61 Å². The van der Waals surface area contributed by atoms with Crippen LogP contribution in [0.5, 0.6) is 0 Å². The standard InChI is InChI=1S/C20H27NOS/c1-2-22-15-18-11-6-5-10-17(18)14-21-20(16-8-3-4-9-16)19-12-7-13-23-19/h5-7,10-13,16,20-21H,2-4,8-9,14-15H2,1H3. The third-order valence-electron chi connectivity index (χ3n) is 4.81. The predicted molar refractivity (Wildman–Crippen MR) is 97.6 cm³/mol. The average Bonchev–Trinajstić information content (AvgIpc) is 3.28. The minimum Gasteiger partial charge on any atom is -0.377 e. The van der Waals surface area contributed by atoms with Gasteiger partial charge in [0.2, 0.25) is 0 Å². The van der Waals surface area contributed by atoms with E-state index in [1.807, 2.05) is 18.3 Å². The van der Waals surface area contributed by atoms with E-state index in [4.69, 9.17) is 4.74 Å². The summed E-state index contributed by atoms with van der Waals surface area (Å²) in [5.74, 6) is 0.785. The molecule has 1 aliphatic carbocycles. The van der Waals surface area contributed by atoms with Crippen LogP contribution in [0, 0.1) is 5.92 Å². The monoisotopic (exact) mass is 329 g/mol. The van der Waals surface area contributed by atoms with E-state index in [-0.39, 0.29) is 0 Å². The minimum atomic E-state index is 0.498. The van der Waals surface area contributed by atoms with Gasteiger partial charge in [-0.3, -0.25) is 0 Å². The van der Waals surface area contributed by atoms with Gasteiger partial charge in [-0.05, 0) is 48.3 Å². The van der Waals surface area contributed by atoms with Crippen LogP contribution in [0.3, 0.4) is 0 Å². The highest BCUT2D eigenvalue weighted by atomic mass is 32.1. The fraction of sp³-hybridized carbons (Fsp3) is 0.500. The molecule has 1 aromatic heterocycles. The fourth-order valence-corrected chi connectivity index (χ4v) is 4.46. The molecule has 1 aromatic carbocycles. The summed E-state index contributed by atoms with van der Waals surface area (Å²) in [4.78, 5) is 1.49. The Hall–Kier alpha value is -1.16. The Balaban J connectivity index is 1.69. The van der Waals surface area contributed by atoms with E-state index >= 15 is 0 Å². The molecule has 0 amide bonds. The van der Waals surface area contributed by atoms with Crippen molar-refractivity contribution in [2.45, 2.75) is 51.8 Å². The van der Waals surface area contributed by atoms with Crippen molar-refractivity contribution in [3.8, 4) is 0 Å². The summed E-state index contributed by atoms with van der Waals surface area (Å²) in [6.07, 6.45) is 5.48. The van der Waals surface area contributed by atoms with E-state index in [1.54, 1.807) is 0 Å². The number of rotatable bonds is 8. The van der Waals surface area contributed by atoms with Crippen molar-refractivity contribution in [1.29, 1.82) is 0 Å². The van der Waals surface area contributed by atoms with Gasteiger partial charge in [0.25, 0.3) is 0 Å². The van der Waals surface area contributed by atoms with Crippen LogP contribution in [0.25, 0.3) is 0 Å². The van der Waals surface area contributed by atoms with Gasteiger partial charge in [-0.2, -0.15) is 0 Å². The zero-order valence-electron chi connectivity index (χ0n) is 14.0. The molecule has 1 unspecified atom stereocenters. The van der Waals surface area contributed by atoms with E-state index < -0.39 is 0 Å². The summed E-state index contributed by atoms with van der Waals surface area (Å²) in [5.41, 5.74) is 2.67. The third kappa shape index (κ3) is 4.43. The highest BCUT2D eigenvalue weighted by Gasteiger charge is 2.26. The second kappa shape index (κ2) is 8.62. The minimum absolute atomic E-state index is 0.498. The molecule has 0 saturated heterocycles. The highest BCUT2D eigenvalue weighted by Crippen LogP contribution is 2.37. The number of hydrogen-bond acceptors (Lipinski definition) is 3. The first kappa shape index (κ1) is 16.7. The molecular weight excluding hydrogens is 302 g/mol. The van der Waals surface area contributed by atoms with Gasteiger partial charge in [0.15, 0.2) is 0 Å². The molecule has 1 heterocycles. The summed E-state index contributed by atoms with van der Waals surface area (Å²) >= 11 is 1.88. The van der Waals surface area contributed by atoms with E-state index in [0.717, 1.165) is 19.1 Å². The van der Waals surface area contributed by atoms with Crippen molar-refractivity contribution in [3.63, 3.8) is 0 Å². The smallest absolute Gasteiger partial charge is 0.0719 e. The average molecular weight is 330 g/mol. The van der Waals surface area contributed by atoms with Crippen molar-refractivity contribution in [1.82, 2.24) is 5.32 Å². The van der Waals surface area contributed by atoms with Crippen molar-refractivity contribution in [2.24, 2.45) is 5.92 Å². The molecule has 1 aliphatic rings. The van der Waals surface area contributed by atoms with E-state index in [9.17, 15) is 0 Å². The summed E-state index contributed by atoms with van der Waals surface area (Å²) in [7, 11) is 0. The van der Waals surface area contributed by atoms with E-state index in [0.29, 0.717) is 12.6 Å². The molecule has 0 aliphatic heterocycles. The molecule has 1 atom stereocenters. The third-order valence-corrected chi connectivity index (χ3v) is 5.77. The zero-order valence-corrected chi connectivity index (χ0v) is 14.8. The van der Waals surface area contributed by atoms with Crippen molar-refractivity contribution in [2.75, 3.05) is 6.61 Å². The zero-order chi connectivity index (χ0) is 15.9. The van der Waals surface area contributed by atoms with Crippen LogP contribution in [0.1, 0.15) is 54.7 Å². The Labute approximate surface area is 143 Å². The van der Waals surface area contributed by atoms with E-state index in [1.165, 1.54) is 41.7 Å². The largest absolute Gasteiger partial charge is 0.377 e. The van der Waals surface area contributed by atoms with Gasteiger partial charge in [0, 0.05) is 24.1 Å². The number of thiophene rings is 1. The van der Waals surface area contributed by atoms with Gasteiger partial charge >= 0.3 is 0 Å². The number of nitrogens with one attached hydrogen (secondary N) is 1. The summed E-state index contributed by atoms with van der Waals surface area (Å²) in [5, 5.41) is 6.05. The van der Waals surface area contributed by atoms with Crippen LogP contribution in [0.15, 0.2) is 41.8 Å². The molecule has 1 saturated carbocycles. The van der Waals surface area contributed by atoms with Gasteiger partial charge in [0.1, 0.15) is 0 Å². The fourth-order valence-electron chi connectivity index (χ4n) is 3.56. The Kier molecular flexibility index (Phi) is 6.26. The second-order valence-electron chi connectivity index (χ2n) is 6.32. The first-order valence-electron chi connectivity index (χ1n) is 8.79. The molecule has 124 valence electrons. The normalized spacial score (nSPS) is 16.7. The summed E-state index contributed by atoms with van der Waals surface area (Å²) < 4.78 is 5.61. The maximum absolute atomic E-state index is 5.61. The van der Waals surface area contributed by atoms with E-state index in [2.05, 4.69) is 47.1 Å². The Bertz CT molecular complexity index is 575. The summed E-state index contributed by atoms with van der Waals surface area (Å²) in [6.45, 7) is 4.44. The van der Waals surface area contributed by atoms with Crippen molar-refractivity contribution >= 4 is 11.3 Å². The lowest BCUT2D eigenvalue weighted by atomic mass is 9.96. The molecule has 1 fully saturated rings. The van der Waals surface area contributed by atoms with Crippen LogP contribution in [0.2, 0.25) is 0 Å². The number of hydrogen-bond donors (Lipinski definition) is 1. The molecule has 0 bridgehead atoms. The van der Waals surface area contributed by atoms with Crippen LogP contribution >= 0.6 is 11.3 Å². The van der Waals surface area contributed by atoms with Gasteiger partial charge in [-0.15, -0.1) is 11.3 Å². The second-order valence-corrected chi connectivity index (χ2v) is 7.30. The molecule has 0 radical (unpaired) electrons. The quantitative estimate of drug-likeness (QED) is 0.709. The lowest BCUT2D eigenvalue weighted by Gasteiger charge is -2.24. The number of benzene rings is 1. The topological polar surface area (TPSA) is 21.3 Å². The van der Waals surface area contributed by atoms with Gasteiger partial charge < -0.3 is 10.1 Å². The molecule has 2 nitrogen and oxygen atoms in total. The van der Waals surface area contributed by atoms with Gasteiger partial charge in [-0.25, -0.2) is 0 Å². The lowest BCUT2D eigenvalue weighted by molar-refractivity contribution is 0.133. The maximum atomic E-state index is 5.61. The van der Waals surface area contributed by atoms with Crippen molar-refractivity contribution in [3.05, 3.63) is 57.8 Å². The van der Waals surface area contributed by atoms with Crippen LogP contribution in [-0.2, 0) is 17.9 Å². The van der Waals surface area contributed by atoms with Crippen LogP contribution in [0.4, 0.5) is 0 Å². The Morgan fingerprint density at radius 1 is 1.13 bits per heavy atom.